The highest BCUT2D eigenvalue weighted by atomic mass is 19.1. The molecule has 6 heteroatoms. The molecule has 1 aromatic rings. The second kappa shape index (κ2) is 5.40. The minimum absolute atomic E-state index is 0.0975. The Bertz CT molecular complexity index is 572. The SMILES string of the molecule is [N]=NC1C=CC(N2CCCC2c2cncc(F)c2)=CO1. The number of ether oxygens (including phenoxy) is 1. The average molecular weight is 273 g/mol. The van der Waals surface area contributed by atoms with Gasteiger partial charge >= 0.3 is 0 Å². The van der Waals surface area contributed by atoms with Gasteiger partial charge in [-0.15, -0.1) is 5.11 Å². The van der Waals surface area contributed by atoms with E-state index in [1.807, 2.05) is 6.08 Å². The van der Waals surface area contributed by atoms with Crippen LogP contribution < -0.4 is 5.53 Å². The summed E-state index contributed by atoms with van der Waals surface area (Å²) in [6.07, 6.45) is 9.36. The normalized spacial score (nSPS) is 25.2. The molecule has 0 aliphatic carbocycles. The van der Waals surface area contributed by atoms with Gasteiger partial charge in [0.15, 0.2) is 0 Å². The number of aromatic nitrogens is 1. The smallest absolute Gasteiger partial charge is 0.229 e. The van der Waals surface area contributed by atoms with E-state index in [2.05, 4.69) is 15.0 Å². The van der Waals surface area contributed by atoms with E-state index < -0.39 is 6.23 Å². The monoisotopic (exact) mass is 273 g/mol. The van der Waals surface area contributed by atoms with Gasteiger partial charge in [-0.25, -0.2) is 4.39 Å². The maximum atomic E-state index is 13.3. The van der Waals surface area contributed by atoms with Crippen LogP contribution in [0.5, 0.6) is 0 Å². The Labute approximate surface area is 116 Å². The number of nitrogens with zero attached hydrogens (tertiary/aromatic N) is 4. The van der Waals surface area contributed by atoms with Crippen molar-refractivity contribution < 1.29 is 9.13 Å². The summed E-state index contributed by atoms with van der Waals surface area (Å²) in [5.41, 5.74) is 10.4. The van der Waals surface area contributed by atoms with Gasteiger partial charge in [0.1, 0.15) is 12.1 Å². The third-order valence-corrected chi connectivity index (χ3v) is 3.57. The van der Waals surface area contributed by atoms with Crippen molar-refractivity contribution in [2.75, 3.05) is 6.54 Å². The Morgan fingerprint density at radius 1 is 1.45 bits per heavy atom. The first-order valence-corrected chi connectivity index (χ1v) is 6.53. The van der Waals surface area contributed by atoms with Gasteiger partial charge in [0.2, 0.25) is 6.23 Å². The third kappa shape index (κ3) is 2.41. The highest BCUT2D eigenvalue weighted by Crippen LogP contribution is 2.35. The van der Waals surface area contributed by atoms with E-state index in [1.54, 1.807) is 18.5 Å². The molecule has 5 nitrogen and oxygen atoms in total. The van der Waals surface area contributed by atoms with Gasteiger partial charge in [-0.3, -0.25) is 4.98 Å². The Morgan fingerprint density at radius 3 is 3.05 bits per heavy atom. The maximum absolute atomic E-state index is 13.3. The van der Waals surface area contributed by atoms with Crippen molar-refractivity contribution >= 4 is 0 Å². The fraction of sp³-hybridized carbons (Fsp3) is 0.357. The van der Waals surface area contributed by atoms with Gasteiger partial charge in [0.05, 0.1) is 17.9 Å². The molecule has 1 radical (unpaired) electrons. The van der Waals surface area contributed by atoms with Gasteiger partial charge in [0.25, 0.3) is 0 Å². The number of rotatable bonds is 3. The molecule has 0 amide bonds. The van der Waals surface area contributed by atoms with Crippen LogP contribution in [0.3, 0.4) is 0 Å². The van der Waals surface area contributed by atoms with Gasteiger partial charge in [-0.2, -0.15) is 0 Å². The van der Waals surface area contributed by atoms with Crippen molar-refractivity contribution in [3.8, 4) is 0 Å². The van der Waals surface area contributed by atoms with E-state index in [0.717, 1.165) is 30.6 Å². The van der Waals surface area contributed by atoms with Crippen LogP contribution in [0.25, 0.3) is 0 Å². The van der Waals surface area contributed by atoms with E-state index in [-0.39, 0.29) is 11.9 Å². The number of pyridine rings is 1. The molecule has 2 unspecified atom stereocenters. The topological polar surface area (TPSA) is 60.0 Å². The summed E-state index contributed by atoms with van der Waals surface area (Å²) in [4.78, 5) is 6.07. The van der Waals surface area contributed by atoms with Crippen LogP contribution >= 0.6 is 0 Å². The van der Waals surface area contributed by atoms with E-state index in [4.69, 9.17) is 10.3 Å². The molecule has 2 aliphatic heterocycles. The molecule has 0 aromatic carbocycles. The molecule has 1 fully saturated rings. The summed E-state index contributed by atoms with van der Waals surface area (Å²) in [5, 5.41) is 3.07. The zero-order chi connectivity index (χ0) is 13.9. The lowest BCUT2D eigenvalue weighted by Gasteiger charge is -2.29. The molecule has 1 saturated heterocycles. The molecule has 2 atom stereocenters. The lowest BCUT2D eigenvalue weighted by molar-refractivity contribution is 0.170. The Balaban J connectivity index is 1.81. The van der Waals surface area contributed by atoms with E-state index in [9.17, 15) is 4.39 Å². The molecule has 0 saturated carbocycles. The largest absolute Gasteiger partial charge is 0.469 e. The first kappa shape index (κ1) is 12.8. The minimum Gasteiger partial charge on any atom is -0.469 e. The summed E-state index contributed by atoms with van der Waals surface area (Å²) in [5.74, 6) is -0.321. The molecular formula is C14H14FN4O. The molecular weight excluding hydrogens is 259 g/mol. The van der Waals surface area contributed by atoms with Crippen molar-refractivity contribution in [2.45, 2.75) is 25.1 Å². The Morgan fingerprint density at radius 2 is 2.35 bits per heavy atom. The van der Waals surface area contributed by atoms with Crippen molar-refractivity contribution in [1.82, 2.24) is 15.4 Å². The zero-order valence-corrected chi connectivity index (χ0v) is 10.8. The van der Waals surface area contributed by atoms with Crippen LogP contribution in [-0.4, -0.2) is 22.7 Å². The molecule has 3 rings (SSSR count). The summed E-state index contributed by atoms with van der Waals surface area (Å²) in [6.45, 7) is 0.877. The quantitative estimate of drug-likeness (QED) is 0.794. The Hall–Kier alpha value is -2.24. The third-order valence-electron chi connectivity index (χ3n) is 3.57. The van der Waals surface area contributed by atoms with E-state index >= 15 is 0 Å². The first-order valence-electron chi connectivity index (χ1n) is 6.53. The second-order valence-electron chi connectivity index (χ2n) is 4.83. The van der Waals surface area contributed by atoms with Crippen LogP contribution in [0, 0.1) is 5.82 Å². The molecule has 0 N–H and O–H groups in total. The molecule has 103 valence electrons. The van der Waals surface area contributed by atoms with Crippen molar-refractivity contribution in [3.05, 3.63) is 54.0 Å². The summed E-state index contributed by atoms with van der Waals surface area (Å²) >= 11 is 0. The minimum atomic E-state index is -0.643. The van der Waals surface area contributed by atoms with Gasteiger partial charge in [-0.05, 0) is 42.2 Å². The summed E-state index contributed by atoms with van der Waals surface area (Å²) < 4.78 is 18.6. The van der Waals surface area contributed by atoms with Gasteiger partial charge in [0, 0.05) is 12.7 Å². The number of allylic oxidation sites excluding steroid dienone is 1. The van der Waals surface area contributed by atoms with Crippen molar-refractivity contribution in [3.63, 3.8) is 0 Å². The summed E-state index contributed by atoms with van der Waals surface area (Å²) in [6, 6.07) is 1.62. The summed E-state index contributed by atoms with van der Waals surface area (Å²) in [7, 11) is 0. The second-order valence-corrected chi connectivity index (χ2v) is 4.83. The van der Waals surface area contributed by atoms with Crippen molar-refractivity contribution in [2.24, 2.45) is 5.11 Å². The standard InChI is InChI=1S/C14H14FN4O/c15-11-6-10(7-17-8-11)13-2-1-5-19(13)12-3-4-14(18-16)20-9-12/h3-4,6-9,13-14H,1-2,5H2. The number of likely N-dealkylation sites (tertiary alicyclic amines) is 1. The van der Waals surface area contributed by atoms with Crippen LogP contribution in [0.4, 0.5) is 4.39 Å². The lowest BCUT2D eigenvalue weighted by Crippen LogP contribution is -2.24. The van der Waals surface area contributed by atoms with Crippen LogP contribution in [0.15, 0.2) is 47.7 Å². The predicted octanol–water partition coefficient (Wildman–Crippen LogP) is 2.36. The number of hydrogen-bond donors (Lipinski definition) is 0. The van der Waals surface area contributed by atoms with E-state index in [0.29, 0.717) is 0 Å². The van der Waals surface area contributed by atoms with Crippen molar-refractivity contribution in [1.29, 1.82) is 0 Å². The number of halogens is 1. The molecule has 0 bridgehead atoms. The average Bonchev–Trinajstić information content (AvgIpc) is 2.97. The van der Waals surface area contributed by atoms with Gasteiger partial charge in [-0.1, -0.05) is 0 Å². The van der Waals surface area contributed by atoms with Crippen LogP contribution in [0.1, 0.15) is 24.4 Å². The number of hydrogen-bond acceptors (Lipinski definition) is 4. The molecule has 0 spiro atoms. The Kier molecular flexibility index (Phi) is 3.45. The predicted molar refractivity (Wildman–Crippen MR) is 69.5 cm³/mol. The van der Waals surface area contributed by atoms with Crippen LogP contribution in [0.2, 0.25) is 0 Å². The highest BCUT2D eigenvalue weighted by molar-refractivity contribution is 5.26. The fourth-order valence-corrected chi connectivity index (χ4v) is 2.67. The molecule has 2 aliphatic rings. The van der Waals surface area contributed by atoms with E-state index in [1.165, 1.54) is 12.3 Å². The molecule has 20 heavy (non-hydrogen) atoms. The first-order chi connectivity index (χ1) is 9.78. The zero-order valence-electron chi connectivity index (χ0n) is 10.8. The molecule has 3 heterocycles. The fourth-order valence-electron chi connectivity index (χ4n) is 2.67. The molecule has 1 aromatic heterocycles. The highest BCUT2D eigenvalue weighted by Gasteiger charge is 2.28. The lowest BCUT2D eigenvalue weighted by atomic mass is 10.1. The van der Waals surface area contributed by atoms with Crippen LogP contribution in [-0.2, 0) is 4.74 Å². The van der Waals surface area contributed by atoms with Gasteiger partial charge < -0.3 is 9.64 Å². The maximum Gasteiger partial charge on any atom is 0.229 e.